The van der Waals surface area contributed by atoms with Gasteiger partial charge < -0.3 is 14.8 Å². The molecule has 0 saturated carbocycles. The van der Waals surface area contributed by atoms with Gasteiger partial charge in [0.2, 0.25) is 0 Å². The normalized spacial score (nSPS) is 10.7. The summed E-state index contributed by atoms with van der Waals surface area (Å²) in [4.78, 5) is 24.3. The zero-order chi connectivity index (χ0) is 21.3. The number of fused-ring (bicyclic) bond motifs is 1. The minimum Gasteiger partial charge on any atom is -0.495 e. The van der Waals surface area contributed by atoms with E-state index in [1.54, 1.807) is 24.3 Å². The number of methoxy groups -OCH3 is 1. The van der Waals surface area contributed by atoms with Crippen LogP contribution in [0.1, 0.15) is 18.9 Å². The van der Waals surface area contributed by atoms with Crippen molar-refractivity contribution in [2.45, 2.75) is 13.3 Å². The summed E-state index contributed by atoms with van der Waals surface area (Å²) < 4.78 is 11.0. The van der Waals surface area contributed by atoms with E-state index in [0.29, 0.717) is 23.8 Å². The molecule has 2 N–H and O–H groups in total. The van der Waals surface area contributed by atoms with Crippen molar-refractivity contribution in [3.05, 3.63) is 66.2 Å². The van der Waals surface area contributed by atoms with Gasteiger partial charge in [0, 0.05) is 5.56 Å². The molecule has 0 bridgehead atoms. The molecule has 7 nitrogen and oxygen atoms in total. The SMILES string of the molecule is CCCOc1ccc2ccccc2c1/C=N\NC(=O)C(=O)Nc1ccccc1OC. The van der Waals surface area contributed by atoms with E-state index in [1.165, 1.54) is 13.3 Å². The fourth-order valence-corrected chi connectivity index (χ4v) is 2.88. The highest BCUT2D eigenvalue weighted by Gasteiger charge is 2.15. The molecule has 30 heavy (non-hydrogen) atoms. The smallest absolute Gasteiger partial charge is 0.329 e. The van der Waals surface area contributed by atoms with Crippen molar-refractivity contribution in [1.29, 1.82) is 0 Å². The van der Waals surface area contributed by atoms with Crippen LogP contribution < -0.4 is 20.2 Å². The molecule has 7 heteroatoms. The Bertz CT molecular complexity index is 1080. The first-order chi connectivity index (χ1) is 14.6. The molecule has 0 atom stereocenters. The maximum Gasteiger partial charge on any atom is 0.329 e. The molecule has 0 saturated heterocycles. The molecule has 0 aliphatic heterocycles. The van der Waals surface area contributed by atoms with Crippen LogP contribution in [0.15, 0.2) is 65.8 Å². The minimum absolute atomic E-state index is 0.397. The summed E-state index contributed by atoms with van der Waals surface area (Å²) in [6.07, 6.45) is 2.35. The Labute approximate surface area is 174 Å². The maximum absolute atomic E-state index is 12.2. The van der Waals surface area contributed by atoms with Crippen LogP contribution in [-0.2, 0) is 9.59 Å². The standard InChI is InChI=1S/C23H23N3O4/c1-3-14-30-20-13-12-16-8-4-5-9-17(16)18(20)15-24-26-23(28)22(27)25-19-10-6-7-11-21(19)29-2/h4-13,15H,3,14H2,1-2H3,(H,25,27)(H,26,28)/b24-15-. The van der Waals surface area contributed by atoms with E-state index in [1.807, 2.05) is 43.3 Å². The number of para-hydroxylation sites is 2. The number of rotatable bonds is 7. The summed E-state index contributed by atoms with van der Waals surface area (Å²) in [5, 5.41) is 8.42. The lowest BCUT2D eigenvalue weighted by Gasteiger charge is -2.11. The van der Waals surface area contributed by atoms with Crippen LogP contribution >= 0.6 is 0 Å². The van der Waals surface area contributed by atoms with Gasteiger partial charge in [-0.1, -0.05) is 49.4 Å². The van der Waals surface area contributed by atoms with Crippen LogP contribution in [0.5, 0.6) is 11.5 Å². The van der Waals surface area contributed by atoms with E-state index in [2.05, 4.69) is 15.8 Å². The van der Waals surface area contributed by atoms with Crippen molar-refractivity contribution >= 4 is 34.5 Å². The second-order valence-electron chi connectivity index (χ2n) is 6.40. The molecule has 0 aliphatic carbocycles. The third-order valence-electron chi connectivity index (χ3n) is 4.31. The Morgan fingerprint density at radius 3 is 2.53 bits per heavy atom. The largest absolute Gasteiger partial charge is 0.495 e. The first-order valence-electron chi connectivity index (χ1n) is 9.56. The highest BCUT2D eigenvalue weighted by atomic mass is 16.5. The van der Waals surface area contributed by atoms with Crippen molar-refractivity contribution in [1.82, 2.24) is 5.43 Å². The Morgan fingerprint density at radius 2 is 1.73 bits per heavy atom. The highest BCUT2D eigenvalue weighted by Crippen LogP contribution is 2.27. The lowest BCUT2D eigenvalue weighted by Crippen LogP contribution is -2.32. The first-order valence-corrected chi connectivity index (χ1v) is 9.56. The van der Waals surface area contributed by atoms with E-state index in [4.69, 9.17) is 9.47 Å². The maximum atomic E-state index is 12.2. The van der Waals surface area contributed by atoms with Crippen LogP contribution in [0.3, 0.4) is 0 Å². The molecule has 3 aromatic rings. The van der Waals surface area contributed by atoms with Crippen LogP contribution in [0.2, 0.25) is 0 Å². The van der Waals surface area contributed by atoms with Gasteiger partial charge in [0.1, 0.15) is 11.5 Å². The average molecular weight is 405 g/mol. The van der Waals surface area contributed by atoms with Crippen LogP contribution in [0, 0.1) is 0 Å². The third-order valence-corrected chi connectivity index (χ3v) is 4.31. The topological polar surface area (TPSA) is 89.0 Å². The van der Waals surface area contributed by atoms with E-state index in [9.17, 15) is 9.59 Å². The molecule has 0 aromatic heterocycles. The van der Waals surface area contributed by atoms with E-state index >= 15 is 0 Å². The van der Waals surface area contributed by atoms with Crippen molar-refractivity contribution in [2.75, 3.05) is 19.0 Å². The number of hydrogen-bond donors (Lipinski definition) is 2. The van der Waals surface area contributed by atoms with Gasteiger partial charge in [0.15, 0.2) is 0 Å². The predicted octanol–water partition coefficient (Wildman–Crippen LogP) is 3.73. The summed E-state index contributed by atoms with van der Waals surface area (Å²) in [7, 11) is 1.48. The number of benzene rings is 3. The molecule has 2 amide bonds. The summed E-state index contributed by atoms with van der Waals surface area (Å²) >= 11 is 0. The second-order valence-corrected chi connectivity index (χ2v) is 6.40. The first kappa shape index (κ1) is 20.9. The third kappa shape index (κ3) is 4.94. The number of nitrogens with one attached hydrogen (secondary N) is 2. The molecule has 0 unspecified atom stereocenters. The van der Waals surface area contributed by atoms with Gasteiger partial charge in [-0.2, -0.15) is 5.10 Å². The molecule has 3 rings (SSSR count). The Morgan fingerprint density at radius 1 is 0.967 bits per heavy atom. The second kappa shape index (κ2) is 10.1. The monoisotopic (exact) mass is 405 g/mol. The van der Waals surface area contributed by atoms with Crippen molar-refractivity contribution in [2.24, 2.45) is 5.10 Å². The van der Waals surface area contributed by atoms with Gasteiger partial charge in [-0.25, -0.2) is 5.43 Å². The quantitative estimate of drug-likeness (QED) is 0.356. The van der Waals surface area contributed by atoms with Gasteiger partial charge in [0.05, 0.1) is 25.6 Å². The van der Waals surface area contributed by atoms with Gasteiger partial charge in [0.25, 0.3) is 0 Å². The fraction of sp³-hybridized carbons (Fsp3) is 0.174. The van der Waals surface area contributed by atoms with Crippen molar-refractivity contribution < 1.29 is 19.1 Å². The number of hydrogen-bond acceptors (Lipinski definition) is 5. The fourth-order valence-electron chi connectivity index (χ4n) is 2.88. The van der Waals surface area contributed by atoms with Crippen LogP contribution in [0.25, 0.3) is 10.8 Å². The van der Waals surface area contributed by atoms with Gasteiger partial charge in [-0.05, 0) is 35.4 Å². The summed E-state index contributed by atoms with van der Waals surface area (Å²) in [6, 6.07) is 18.5. The summed E-state index contributed by atoms with van der Waals surface area (Å²) in [5.41, 5.74) is 3.38. The lowest BCUT2D eigenvalue weighted by atomic mass is 10.0. The minimum atomic E-state index is -0.895. The van der Waals surface area contributed by atoms with Gasteiger partial charge in [-0.3, -0.25) is 9.59 Å². The number of hydrazone groups is 1. The van der Waals surface area contributed by atoms with E-state index < -0.39 is 11.8 Å². The molecule has 0 heterocycles. The Hall–Kier alpha value is -3.87. The van der Waals surface area contributed by atoms with Gasteiger partial charge >= 0.3 is 11.8 Å². The zero-order valence-electron chi connectivity index (χ0n) is 16.8. The van der Waals surface area contributed by atoms with Crippen molar-refractivity contribution in [3.63, 3.8) is 0 Å². The number of amides is 2. The van der Waals surface area contributed by atoms with Crippen LogP contribution in [-0.4, -0.2) is 31.7 Å². The number of anilines is 1. The highest BCUT2D eigenvalue weighted by molar-refractivity contribution is 6.39. The number of carbonyl (C=O) groups is 2. The van der Waals surface area contributed by atoms with Crippen LogP contribution in [0.4, 0.5) is 5.69 Å². The molecular weight excluding hydrogens is 382 g/mol. The number of ether oxygens (including phenoxy) is 2. The molecule has 0 spiro atoms. The molecule has 154 valence electrons. The van der Waals surface area contributed by atoms with E-state index in [0.717, 1.165) is 22.8 Å². The molecule has 0 fully saturated rings. The molecular formula is C23H23N3O4. The molecule has 3 aromatic carbocycles. The number of nitrogens with zero attached hydrogens (tertiary/aromatic N) is 1. The Balaban J connectivity index is 1.74. The molecule has 0 aliphatic rings. The van der Waals surface area contributed by atoms with Crippen molar-refractivity contribution in [3.8, 4) is 11.5 Å². The Kier molecular flexibility index (Phi) is 7.00. The summed E-state index contributed by atoms with van der Waals surface area (Å²) in [5.74, 6) is -0.631. The zero-order valence-corrected chi connectivity index (χ0v) is 16.8. The van der Waals surface area contributed by atoms with Gasteiger partial charge in [-0.15, -0.1) is 0 Å². The molecule has 0 radical (unpaired) electrons. The predicted molar refractivity (Wildman–Crippen MR) is 117 cm³/mol. The summed E-state index contributed by atoms with van der Waals surface area (Å²) in [6.45, 7) is 2.59. The lowest BCUT2D eigenvalue weighted by molar-refractivity contribution is -0.136. The number of carbonyl (C=O) groups excluding carboxylic acids is 2. The average Bonchev–Trinajstić information content (AvgIpc) is 2.78. The van der Waals surface area contributed by atoms with E-state index in [-0.39, 0.29) is 0 Å².